The first-order valence-corrected chi connectivity index (χ1v) is 5.65. The molecule has 1 N–H and O–H groups in total. The molecule has 1 heterocycles. The van der Waals surface area contributed by atoms with Crippen molar-refractivity contribution in [1.29, 1.82) is 0 Å². The van der Waals surface area contributed by atoms with E-state index in [1.165, 1.54) is 0 Å². The van der Waals surface area contributed by atoms with Crippen molar-refractivity contribution in [3.63, 3.8) is 0 Å². The minimum atomic E-state index is -4.24. The van der Waals surface area contributed by atoms with Crippen molar-refractivity contribution in [3.05, 3.63) is 35.4 Å². The molecule has 2 nitrogen and oxygen atoms in total. The molecule has 0 aliphatic carbocycles. The molecule has 0 atom stereocenters. The highest BCUT2D eigenvalue weighted by molar-refractivity contribution is 5.85. The summed E-state index contributed by atoms with van der Waals surface area (Å²) in [5.74, 6) is 0. The Balaban J connectivity index is 0.00000162. The smallest absolute Gasteiger partial charge is 0.314 e. The number of piperazine rings is 1. The largest absolute Gasteiger partial charge is 0.416 e. The molecule has 0 radical (unpaired) electrons. The van der Waals surface area contributed by atoms with Gasteiger partial charge in [-0.2, -0.15) is 13.2 Å². The molecule has 0 saturated carbocycles. The van der Waals surface area contributed by atoms with Crippen LogP contribution in [0.1, 0.15) is 11.1 Å². The number of hydrogen-bond donors (Lipinski definition) is 1. The van der Waals surface area contributed by atoms with Gasteiger partial charge in [0.2, 0.25) is 0 Å². The SMILES string of the molecule is Cl.FC(F)(F)c1ccc(CN2CCNCC2)cc1. The fourth-order valence-corrected chi connectivity index (χ4v) is 1.93. The predicted molar refractivity (Wildman–Crippen MR) is 66.8 cm³/mol. The van der Waals surface area contributed by atoms with Gasteiger partial charge in [-0.25, -0.2) is 0 Å². The Hall–Kier alpha value is -0.780. The van der Waals surface area contributed by atoms with Crippen LogP contribution in [0.4, 0.5) is 13.2 Å². The van der Waals surface area contributed by atoms with Crippen LogP contribution < -0.4 is 5.32 Å². The van der Waals surface area contributed by atoms with Crippen LogP contribution in [0.2, 0.25) is 0 Å². The minimum absolute atomic E-state index is 0. The van der Waals surface area contributed by atoms with E-state index in [4.69, 9.17) is 0 Å². The second-order valence-electron chi connectivity index (χ2n) is 4.22. The second kappa shape index (κ2) is 6.41. The Bertz CT molecular complexity index is 359. The van der Waals surface area contributed by atoms with Gasteiger partial charge in [-0.15, -0.1) is 12.4 Å². The molecule has 1 saturated heterocycles. The Labute approximate surface area is 111 Å². The van der Waals surface area contributed by atoms with E-state index >= 15 is 0 Å². The van der Waals surface area contributed by atoms with E-state index in [1.54, 1.807) is 12.1 Å². The highest BCUT2D eigenvalue weighted by atomic mass is 35.5. The van der Waals surface area contributed by atoms with Crippen LogP contribution in [0.25, 0.3) is 0 Å². The third-order valence-electron chi connectivity index (χ3n) is 2.90. The molecule has 1 aromatic carbocycles. The summed E-state index contributed by atoms with van der Waals surface area (Å²) in [5.41, 5.74) is 0.349. The Morgan fingerprint density at radius 3 is 2.11 bits per heavy atom. The number of hydrogen-bond acceptors (Lipinski definition) is 2. The Kier molecular flexibility index (Phi) is 5.44. The van der Waals surface area contributed by atoms with Gasteiger partial charge in [0.05, 0.1) is 5.56 Å². The zero-order valence-electron chi connectivity index (χ0n) is 9.83. The molecule has 1 aliphatic heterocycles. The molecule has 6 heteroatoms. The van der Waals surface area contributed by atoms with Crippen LogP contribution in [0.5, 0.6) is 0 Å². The van der Waals surface area contributed by atoms with Gasteiger partial charge in [0.1, 0.15) is 0 Å². The van der Waals surface area contributed by atoms with Crippen LogP contribution >= 0.6 is 12.4 Å². The first-order valence-electron chi connectivity index (χ1n) is 5.65. The lowest BCUT2D eigenvalue weighted by Crippen LogP contribution is -2.42. The van der Waals surface area contributed by atoms with Gasteiger partial charge in [0.15, 0.2) is 0 Å². The van der Waals surface area contributed by atoms with Crippen molar-refractivity contribution in [2.75, 3.05) is 26.2 Å². The number of nitrogens with zero attached hydrogens (tertiary/aromatic N) is 1. The zero-order chi connectivity index (χ0) is 12.3. The first kappa shape index (κ1) is 15.3. The molecule has 1 aromatic rings. The van der Waals surface area contributed by atoms with Gasteiger partial charge in [0.25, 0.3) is 0 Å². The third-order valence-corrected chi connectivity index (χ3v) is 2.90. The van der Waals surface area contributed by atoms with Gasteiger partial charge < -0.3 is 5.32 Å². The van der Waals surface area contributed by atoms with E-state index in [9.17, 15) is 13.2 Å². The summed E-state index contributed by atoms with van der Waals surface area (Å²) >= 11 is 0. The fraction of sp³-hybridized carbons (Fsp3) is 0.500. The average Bonchev–Trinajstić information content (AvgIpc) is 2.30. The summed E-state index contributed by atoms with van der Waals surface area (Å²) in [6.07, 6.45) is -4.24. The highest BCUT2D eigenvalue weighted by Gasteiger charge is 2.29. The lowest BCUT2D eigenvalue weighted by atomic mass is 10.1. The van der Waals surface area contributed by atoms with Gasteiger partial charge in [-0.1, -0.05) is 12.1 Å². The van der Waals surface area contributed by atoms with Crippen molar-refractivity contribution < 1.29 is 13.2 Å². The maximum atomic E-state index is 12.4. The van der Waals surface area contributed by atoms with Crippen LogP contribution in [0, 0.1) is 0 Å². The summed E-state index contributed by atoms with van der Waals surface area (Å²) in [6.45, 7) is 4.50. The summed E-state index contributed by atoms with van der Waals surface area (Å²) in [7, 11) is 0. The van der Waals surface area contributed by atoms with Crippen LogP contribution in [0.15, 0.2) is 24.3 Å². The van der Waals surface area contributed by atoms with Crippen molar-refractivity contribution in [2.45, 2.75) is 12.7 Å². The van der Waals surface area contributed by atoms with E-state index in [0.717, 1.165) is 50.4 Å². The maximum Gasteiger partial charge on any atom is 0.416 e. The molecular formula is C12H16ClF3N2. The van der Waals surface area contributed by atoms with Gasteiger partial charge in [0, 0.05) is 32.7 Å². The molecular weight excluding hydrogens is 265 g/mol. The van der Waals surface area contributed by atoms with Crippen molar-refractivity contribution in [2.24, 2.45) is 0 Å². The van der Waals surface area contributed by atoms with Gasteiger partial charge >= 0.3 is 6.18 Å². The average molecular weight is 281 g/mol. The maximum absolute atomic E-state index is 12.4. The molecule has 0 unspecified atom stereocenters. The normalized spacial score (nSPS) is 17.3. The molecule has 0 spiro atoms. The van der Waals surface area contributed by atoms with E-state index in [0.29, 0.717) is 0 Å². The molecule has 18 heavy (non-hydrogen) atoms. The molecule has 0 amide bonds. The predicted octanol–water partition coefficient (Wildman–Crippen LogP) is 2.53. The Morgan fingerprint density at radius 1 is 1.06 bits per heavy atom. The minimum Gasteiger partial charge on any atom is -0.314 e. The summed E-state index contributed by atoms with van der Waals surface area (Å²) in [6, 6.07) is 5.42. The van der Waals surface area contributed by atoms with Crippen molar-refractivity contribution in [3.8, 4) is 0 Å². The summed E-state index contributed by atoms with van der Waals surface area (Å²) in [4.78, 5) is 2.24. The van der Waals surface area contributed by atoms with Crippen LogP contribution in [0.3, 0.4) is 0 Å². The number of rotatable bonds is 2. The first-order chi connectivity index (χ1) is 8.05. The Morgan fingerprint density at radius 2 is 1.61 bits per heavy atom. The molecule has 102 valence electrons. The van der Waals surface area contributed by atoms with E-state index in [1.807, 2.05) is 0 Å². The van der Waals surface area contributed by atoms with Crippen molar-refractivity contribution >= 4 is 12.4 Å². The molecule has 0 aromatic heterocycles. The van der Waals surface area contributed by atoms with Gasteiger partial charge in [-0.3, -0.25) is 4.90 Å². The lowest BCUT2D eigenvalue weighted by Gasteiger charge is -2.27. The van der Waals surface area contributed by atoms with E-state index in [2.05, 4.69) is 10.2 Å². The lowest BCUT2D eigenvalue weighted by molar-refractivity contribution is -0.137. The second-order valence-corrected chi connectivity index (χ2v) is 4.22. The number of alkyl halides is 3. The van der Waals surface area contributed by atoms with Crippen molar-refractivity contribution in [1.82, 2.24) is 10.2 Å². The third kappa shape index (κ3) is 4.15. The summed E-state index contributed by atoms with van der Waals surface area (Å²) in [5, 5.41) is 3.24. The standard InChI is InChI=1S/C12H15F3N2.ClH/c13-12(14,15)11-3-1-10(2-4-11)9-17-7-5-16-6-8-17;/h1-4,16H,5-9H2;1H. The van der Waals surface area contributed by atoms with E-state index in [-0.39, 0.29) is 12.4 Å². The van der Waals surface area contributed by atoms with Crippen LogP contribution in [-0.2, 0) is 12.7 Å². The van der Waals surface area contributed by atoms with E-state index < -0.39 is 11.7 Å². The number of nitrogens with one attached hydrogen (secondary N) is 1. The number of halogens is 4. The molecule has 1 fully saturated rings. The molecule has 1 aliphatic rings. The molecule has 0 bridgehead atoms. The summed E-state index contributed by atoms with van der Waals surface area (Å²) < 4.78 is 37.1. The highest BCUT2D eigenvalue weighted by Crippen LogP contribution is 2.29. The topological polar surface area (TPSA) is 15.3 Å². The fourth-order valence-electron chi connectivity index (χ4n) is 1.93. The van der Waals surface area contributed by atoms with Crippen LogP contribution in [-0.4, -0.2) is 31.1 Å². The number of benzene rings is 1. The molecule has 2 rings (SSSR count). The zero-order valence-corrected chi connectivity index (χ0v) is 10.7. The van der Waals surface area contributed by atoms with Gasteiger partial charge in [-0.05, 0) is 17.7 Å². The monoisotopic (exact) mass is 280 g/mol. The quantitative estimate of drug-likeness (QED) is 0.896.